The summed E-state index contributed by atoms with van der Waals surface area (Å²) in [7, 11) is -4.02. The fourth-order valence-electron chi connectivity index (χ4n) is 2.78. The second-order valence-electron chi connectivity index (χ2n) is 6.59. The van der Waals surface area contributed by atoms with Gasteiger partial charge in [-0.05, 0) is 43.3 Å². The van der Waals surface area contributed by atoms with Crippen molar-refractivity contribution < 1.29 is 26.4 Å². The highest BCUT2D eigenvalue weighted by Gasteiger charge is 2.28. The largest absolute Gasteiger partial charge is 0.468 e. The number of anilines is 1. The van der Waals surface area contributed by atoms with Crippen molar-refractivity contribution in [1.82, 2.24) is 4.31 Å². The first-order valence-corrected chi connectivity index (χ1v) is 11.5. The van der Waals surface area contributed by atoms with Crippen LogP contribution >= 0.6 is 11.8 Å². The Morgan fingerprint density at radius 2 is 1.81 bits per heavy atom. The van der Waals surface area contributed by atoms with Crippen molar-refractivity contribution in [2.24, 2.45) is 0 Å². The first-order chi connectivity index (χ1) is 14.8. The van der Waals surface area contributed by atoms with Crippen LogP contribution in [0.25, 0.3) is 0 Å². The highest BCUT2D eigenvalue weighted by Crippen LogP contribution is 2.31. The molecule has 1 heterocycles. The van der Waals surface area contributed by atoms with Crippen LogP contribution in [-0.4, -0.2) is 30.9 Å². The highest BCUT2D eigenvalue weighted by molar-refractivity contribution is 7.99. The van der Waals surface area contributed by atoms with E-state index >= 15 is 0 Å². The number of aryl methyl sites for hydroxylation is 1. The summed E-state index contributed by atoms with van der Waals surface area (Å²) < 4.78 is 58.1. The van der Waals surface area contributed by atoms with Gasteiger partial charge in [0.05, 0.1) is 29.9 Å². The summed E-state index contributed by atoms with van der Waals surface area (Å²) in [5.41, 5.74) is 1.07. The Labute approximate surface area is 183 Å². The number of alkyl halides is 2. The van der Waals surface area contributed by atoms with E-state index in [1.165, 1.54) is 30.5 Å². The van der Waals surface area contributed by atoms with Gasteiger partial charge in [0, 0.05) is 4.90 Å². The average Bonchev–Trinajstić information content (AvgIpc) is 3.22. The molecule has 1 aromatic heterocycles. The molecule has 0 aliphatic heterocycles. The highest BCUT2D eigenvalue weighted by atomic mass is 32.2. The predicted octanol–water partition coefficient (Wildman–Crippen LogP) is 4.73. The third-order valence-corrected chi connectivity index (χ3v) is 6.86. The van der Waals surface area contributed by atoms with Gasteiger partial charge in [-0.2, -0.15) is 13.1 Å². The SMILES string of the molecule is Cc1ccc(S(=O)(=O)N(CC(=O)Nc2ccccc2SC(F)F)Cc2ccco2)cc1. The van der Waals surface area contributed by atoms with E-state index in [0.29, 0.717) is 17.5 Å². The maximum atomic E-state index is 13.2. The van der Waals surface area contributed by atoms with Crippen molar-refractivity contribution in [3.8, 4) is 0 Å². The number of halogens is 2. The number of nitrogens with zero attached hydrogens (tertiary/aromatic N) is 1. The Bertz CT molecular complexity index is 1120. The fraction of sp³-hybridized carbons (Fsp3) is 0.190. The van der Waals surface area contributed by atoms with Crippen molar-refractivity contribution in [2.45, 2.75) is 29.0 Å². The molecule has 31 heavy (non-hydrogen) atoms. The molecule has 0 bridgehead atoms. The number of nitrogens with one attached hydrogen (secondary N) is 1. The summed E-state index contributed by atoms with van der Waals surface area (Å²) in [6.45, 7) is 1.15. The second-order valence-corrected chi connectivity index (χ2v) is 9.56. The van der Waals surface area contributed by atoms with Crippen LogP contribution in [0.1, 0.15) is 11.3 Å². The van der Waals surface area contributed by atoms with E-state index in [0.717, 1.165) is 9.87 Å². The molecule has 1 amide bonds. The fourth-order valence-corrected chi connectivity index (χ4v) is 4.74. The molecule has 0 aliphatic carbocycles. The number of benzene rings is 2. The van der Waals surface area contributed by atoms with Gasteiger partial charge in [-0.25, -0.2) is 8.42 Å². The van der Waals surface area contributed by atoms with Gasteiger partial charge < -0.3 is 9.73 Å². The summed E-state index contributed by atoms with van der Waals surface area (Å²) >= 11 is 0.299. The normalized spacial score (nSPS) is 11.8. The molecular weight excluding hydrogens is 446 g/mol. The number of hydrogen-bond donors (Lipinski definition) is 1. The van der Waals surface area contributed by atoms with Crippen LogP contribution in [-0.2, 0) is 21.4 Å². The van der Waals surface area contributed by atoms with Gasteiger partial charge in [-0.1, -0.05) is 41.6 Å². The molecule has 0 fully saturated rings. The molecule has 0 atom stereocenters. The maximum absolute atomic E-state index is 13.2. The third kappa shape index (κ3) is 6.16. The van der Waals surface area contributed by atoms with Crippen LogP contribution in [0.5, 0.6) is 0 Å². The van der Waals surface area contributed by atoms with Crippen molar-refractivity contribution >= 4 is 33.4 Å². The minimum Gasteiger partial charge on any atom is -0.468 e. The number of rotatable bonds is 9. The monoisotopic (exact) mass is 466 g/mol. The van der Waals surface area contributed by atoms with Crippen LogP contribution in [0.3, 0.4) is 0 Å². The Morgan fingerprint density at radius 1 is 1.10 bits per heavy atom. The lowest BCUT2D eigenvalue weighted by molar-refractivity contribution is -0.116. The summed E-state index contributed by atoms with van der Waals surface area (Å²) in [6, 6.07) is 15.6. The average molecular weight is 467 g/mol. The number of carbonyl (C=O) groups excluding carboxylic acids is 1. The molecule has 0 aliphatic rings. The number of para-hydroxylation sites is 1. The quantitative estimate of drug-likeness (QED) is 0.461. The summed E-state index contributed by atoms with van der Waals surface area (Å²) in [5, 5.41) is 2.53. The van der Waals surface area contributed by atoms with E-state index in [-0.39, 0.29) is 22.0 Å². The molecule has 3 aromatic rings. The molecular formula is C21H20F2N2O4S2. The summed E-state index contributed by atoms with van der Waals surface area (Å²) in [5.74, 6) is -2.96. The van der Waals surface area contributed by atoms with Crippen molar-refractivity contribution in [1.29, 1.82) is 0 Å². The minimum atomic E-state index is -4.02. The number of hydrogen-bond acceptors (Lipinski definition) is 5. The van der Waals surface area contributed by atoms with E-state index in [9.17, 15) is 22.0 Å². The molecule has 0 unspecified atom stereocenters. The van der Waals surface area contributed by atoms with Crippen LogP contribution in [0.4, 0.5) is 14.5 Å². The smallest absolute Gasteiger partial charge is 0.288 e. The first kappa shape index (κ1) is 23.0. The zero-order chi connectivity index (χ0) is 22.4. The molecule has 10 heteroatoms. The molecule has 164 valence electrons. The van der Waals surface area contributed by atoms with Gasteiger partial charge in [0.2, 0.25) is 15.9 Å². The van der Waals surface area contributed by atoms with E-state index in [4.69, 9.17) is 4.42 Å². The molecule has 1 N–H and O–H groups in total. The van der Waals surface area contributed by atoms with Crippen molar-refractivity contribution in [2.75, 3.05) is 11.9 Å². The lowest BCUT2D eigenvalue weighted by atomic mass is 10.2. The summed E-state index contributed by atoms with van der Waals surface area (Å²) in [6.07, 6.45) is 1.41. The van der Waals surface area contributed by atoms with Gasteiger partial charge >= 0.3 is 0 Å². The van der Waals surface area contributed by atoms with Crippen LogP contribution in [0.15, 0.2) is 81.1 Å². The van der Waals surface area contributed by atoms with E-state index < -0.39 is 28.2 Å². The molecule has 0 saturated carbocycles. The molecule has 2 aromatic carbocycles. The third-order valence-electron chi connectivity index (χ3n) is 4.27. The number of furan rings is 1. The standard InChI is InChI=1S/C21H20F2N2O4S2/c1-15-8-10-17(11-9-15)31(27,28)25(13-16-5-4-12-29-16)14-20(26)24-18-6-2-3-7-19(18)30-21(22)23/h2-12,21H,13-14H2,1H3,(H,24,26). The first-order valence-electron chi connectivity index (χ1n) is 9.18. The van der Waals surface area contributed by atoms with Gasteiger partial charge in [0.15, 0.2) is 0 Å². The molecule has 6 nitrogen and oxygen atoms in total. The zero-order valence-electron chi connectivity index (χ0n) is 16.5. The Kier molecular flexibility index (Phi) is 7.47. The Hall–Kier alpha value is -2.69. The maximum Gasteiger partial charge on any atom is 0.288 e. The Balaban J connectivity index is 1.84. The topological polar surface area (TPSA) is 79.6 Å². The molecule has 0 spiro atoms. The van der Waals surface area contributed by atoms with E-state index in [1.807, 2.05) is 6.92 Å². The van der Waals surface area contributed by atoms with Gasteiger partial charge in [0.25, 0.3) is 5.76 Å². The van der Waals surface area contributed by atoms with E-state index in [1.54, 1.807) is 36.4 Å². The van der Waals surface area contributed by atoms with Crippen LogP contribution in [0.2, 0.25) is 0 Å². The lowest BCUT2D eigenvalue weighted by Crippen LogP contribution is -2.37. The van der Waals surface area contributed by atoms with Gasteiger partial charge in [0.1, 0.15) is 5.76 Å². The van der Waals surface area contributed by atoms with Gasteiger partial charge in [-0.3, -0.25) is 4.79 Å². The Morgan fingerprint density at radius 3 is 2.45 bits per heavy atom. The lowest BCUT2D eigenvalue weighted by Gasteiger charge is -2.21. The number of carbonyl (C=O) groups is 1. The van der Waals surface area contributed by atoms with Gasteiger partial charge in [-0.15, -0.1) is 0 Å². The van der Waals surface area contributed by atoms with E-state index in [2.05, 4.69) is 5.32 Å². The molecule has 0 radical (unpaired) electrons. The zero-order valence-corrected chi connectivity index (χ0v) is 18.1. The predicted molar refractivity (Wildman–Crippen MR) is 114 cm³/mol. The summed E-state index contributed by atoms with van der Waals surface area (Å²) in [4.78, 5) is 12.9. The molecule has 0 saturated heterocycles. The van der Waals surface area contributed by atoms with Crippen molar-refractivity contribution in [3.05, 3.63) is 78.3 Å². The molecule has 3 rings (SSSR count). The van der Waals surface area contributed by atoms with Crippen molar-refractivity contribution in [3.63, 3.8) is 0 Å². The van der Waals surface area contributed by atoms with Crippen LogP contribution in [0, 0.1) is 6.92 Å². The minimum absolute atomic E-state index is 0.0334. The number of thioether (sulfide) groups is 1. The van der Waals surface area contributed by atoms with Crippen LogP contribution < -0.4 is 5.32 Å². The number of amides is 1. The number of sulfonamides is 1. The second kappa shape index (κ2) is 10.1.